The molecular weight excluding hydrogens is 274 g/mol. The Morgan fingerprint density at radius 1 is 1.40 bits per heavy atom. The quantitative estimate of drug-likeness (QED) is 0.883. The van der Waals surface area contributed by atoms with Gasteiger partial charge in [0.2, 0.25) is 5.91 Å². The van der Waals surface area contributed by atoms with E-state index in [9.17, 15) is 9.59 Å². The first-order valence-corrected chi connectivity index (χ1v) is 7.68. The number of carbonyl (C=O) groups excluding carboxylic acids is 1. The molecule has 2 aromatic heterocycles. The van der Waals surface area contributed by atoms with E-state index in [0.29, 0.717) is 24.8 Å². The summed E-state index contributed by atoms with van der Waals surface area (Å²) >= 11 is 1.58. The van der Waals surface area contributed by atoms with Crippen LogP contribution < -0.4 is 11.3 Å². The molecule has 0 fully saturated rings. The van der Waals surface area contributed by atoms with E-state index >= 15 is 0 Å². The summed E-state index contributed by atoms with van der Waals surface area (Å²) in [6, 6.07) is 1.93. The zero-order chi connectivity index (χ0) is 14.7. The third kappa shape index (κ3) is 2.90. The van der Waals surface area contributed by atoms with Gasteiger partial charge >= 0.3 is 0 Å². The van der Waals surface area contributed by atoms with E-state index in [-0.39, 0.29) is 17.9 Å². The van der Waals surface area contributed by atoms with E-state index in [1.807, 2.05) is 13.0 Å². The lowest BCUT2D eigenvalue weighted by molar-refractivity contribution is -0.118. The number of nitrogens with two attached hydrogens (primary N) is 1. The Morgan fingerprint density at radius 3 is 2.75 bits per heavy atom. The van der Waals surface area contributed by atoms with Crippen LogP contribution in [0.5, 0.6) is 0 Å². The van der Waals surface area contributed by atoms with Gasteiger partial charge in [0.15, 0.2) is 0 Å². The van der Waals surface area contributed by atoms with Crippen LogP contribution in [0.15, 0.2) is 10.9 Å². The molecule has 20 heavy (non-hydrogen) atoms. The predicted octanol–water partition coefficient (Wildman–Crippen LogP) is 1.85. The molecule has 0 aromatic carbocycles. The average Bonchev–Trinajstić information content (AvgIpc) is 2.84. The molecule has 1 amide bonds. The van der Waals surface area contributed by atoms with E-state index in [2.05, 4.69) is 11.9 Å². The number of rotatable bonds is 6. The summed E-state index contributed by atoms with van der Waals surface area (Å²) in [5, 5.41) is 0.683. The largest absolute Gasteiger partial charge is 0.370 e. The fourth-order valence-corrected chi connectivity index (χ4v) is 3.17. The van der Waals surface area contributed by atoms with E-state index in [1.165, 1.54) is 4.88 Å². The van der Waals surface area contributed by atoms with Gasteiger partial charge < -0.3 is 5.73 Å². The first kappa shape index (κ1) is 14.7. The number of fused-ring (bicyclic) bond motifs is 1. The van der Waals surface area contributed by atoms with Gasteiger partial charge in [-0.15, -0.1) is 11.3 Å². The van der Waals surface area contributed by atoms with Crippen LogP contribution in [0, 0.1) is 0 Å². The number of carbonyl (C=O) groups is 1. The number of hydrogen-bond donors (Lipinski definition) is 1. The number of aryl methyl sites for hydroxylation is 2. The summed E-state index contributed by atoms with van der Waals surface area (Å²) in [6.07, 6.45) is 2.46. The lowest BCUT2D eigenvalue weighted by Gasteiger charge is -2.10. The summed E-state index contributed by atoms with van der Waals surface area (Å²) in [5.41, 5.74) is 5.13. The Balaban J connectivity index is 2.43. The lowest BCUT2D eigenvalue weighted by Crippen LogP contribution is -2.25. The van der Waals surface area contributed by atoms with Crippen molar-refractivity contribution in [3.63, 3.8) is 0 Å². The molecule has 6 heteroatoms. The molecule has 0 unspecified atom stereocenters. The Kier molecular flexibility index (Phi) is 4.54. The number of thiophene rings is 1. The van der Waals surface area contributed by atoms with Crippen molar-refractivity contribution in [2.45, 2.75) is 46.1 Å². The minimum absolute atomic E-state index is 0.00716. The van der Waals surface area contributed by atoms with Gasteiger partial charge in [0.25, 0.3) is 5.56 Å². The second-order valence-electron chi connectivity index (χ2n) is 4.69. The molecule has 2 heterocycles. The molecule has 0 saturated carbocycles. The van der Waals surface area contributed by atoms with E-state index in [0.717, 1.165) is 17.1 Å². The summed E-state index contributed by atoms with van der Waals surface area (Å²) in [6.45, 7) is 4.54. The highest BCUT2D eigenvalue weighted by molar-refractivity contribution is 7.18. The topological polar surface area (TPSA) is 78.0 Å². The van der Waals surface area contributed by atoms with Gasteiger partial charge in [0.05, 0.1) is 5.39 Å². The van der Waals surface area contributed by atoms with E-state index < -0.39 is 0 Å². The maximum absolute atomic E-state index is 12.5. The van der Waals surface area contributed by atoms with Crippen molar-refractivity contribution >= 4 is 27.5 Å². The fourth-order valence-electron chi connectivity index (χ4n) is 2.19. The van der Waals surface area contributed by atoms with Gasteiger partial charge in [-0.2, -0.15) is 0 Å². The molecule has 108 valence electrons. The van der Waals surface area contributed by atoms with Crippen molar-refractivity contribution in [1.29, 1.82) is 0 Å². The molecule has 0 aliphatic heterocycles. The Morgan fingerprint density at radius 2 is 2.15 bits per heavy atom. The second kappa shape index (κ2) is 6.17. The van der Waals surface area contributed by atoms with Gasteiger partial charge in [-0.05, 0) is 18.9 Å². The summed E-state index contributed by atoms with van der Waals surface area (Å²) in [4.78, 5) is 29.9. The number of hydrogen-bond acceptors (Lipinski definition) is 4. The SMILES string of the molecule is CCc1cc2c(=O)n(CCCC(N)=O)c(CC)nc2s1. The standard InChI is InChI=1S/C14H19N3O2S/c1-3-9-8-10-13(20-9)16-12(4-2)17(14(10)19)7-5-6-11(15)18/h8H,3-7H2,1-2H3,(H2,15,18). The van der Waals surface area contributed by atoms with Crippen molar-refractivity contribution in [3.05, 3.63) is 27.1 Å². The first-order valence-electron chi connectivity index (χ1n) is 6.87. The second-order valence-corrected chi connectivity index (χ2v) is 5.81. The zero-order valence-electron chi connectivity index (χ0n) is 11.8. The normalized spacial score (nSPS) is 11.1. The van der Waals surface area contributed by atoms with Crippen molar-refractivity contribution in [1.82, 2.24) is 9.55 Å². The van der Waals surface area contributed by atoms with Crippen molar-refractivity contribution < 1.29 is 4.79 Å². The first-order chi connectivity index (χ1) is 9.56. The molecule has 0 saturated heterocycles. The average molecular weight is 293 g/mol. The van der Waals surface area contributed by atoms with Crippen LogP contribution in [-0.2, 0) is 24.2 Å². The molecule has 0 spiro atoms. The van der Waals surface area contributed by atoms with Gasteiger partial charge in [0.1, 0.15) is 10.7 Å². The Bertz CT molecular complexity index is 688. The third-order valence-corrected chi connectivity index (χ3v) is 4.42. The number of amides is 1. The zero-order valence-corrected chi connectivity index (χ0v) is 12.6. The minimum atomic E-state index is -0.339. The maximum atomic E-state index is 12.5. The number of nitrogens with zero attached hydrogens (tertiary/aromatic N) is 2. The smallest absolute Gasteiger partial charge is 0.262 e. The van der Waals surface area contributed by atoms with Gasteiger partial charge in [-0.25, -0.2) is 4.98 Å². The highest BCUT2D eigenvalue weighted by Gasteiger charge is 2.12. The van der Waals surface area contributed by atoms with Gasteiger partial charge in [0, 0.05) is 24.3 Å². The number of primary amides is 1. The fraction of sp³-hybridized carbons (Fsp3) is 0.500. The third-order valence-electron chi connectivity index (χ3n) is 3.25. The summed E-state index contributed by atoms with van der Waals surface area (Å²) in [5.74, 6) is 0.436. The molecule has 2 aromatic rings. The summed E-state index contributed by atoms with van der Waals surface area (Å²) in [7, 11) is 0. The minimum Gasteiger partial charge on any atom is -0.370 e. The molecule has 0 radical (unpaired) electrons. The van der Waals surface area contributed by atoms with Crippen LogP contribution in [0.2, 0.25) is 0 Å². The molecule has 0 atom stereocenters. The highest BCUT2D eigenvalue weighted by atomic mass is 32.1. The van der Waals surface area contributed by atoms with Gasteiger partial charge in [-0.1, -0.05) is 13.8 Å². The Hall–Kier alpha value is -1.69. The van der Waals surface area contributed by atoms with Crippen LogP contribution >= 0.6 is 11.3 Å². The Labute approximate surface area is 121 Å². The highest BCUT2D eigenvalue weighted by Crippen LogP contribution is 2.22. The number of aromatic nitrogens is 2. The van der Waals surface area contributed by atoms with Crippen LogP contribution in [-0.4, -0.2) is 15.5 Å². The maximum Gasteiger partial charge on any atom is 0.262 e. The molecule has 2 rings (SSSR count). The van der Waals surface area contributed by atoms with E-state index in [1.54, 1.807) is 15.9 Å². The summed E-state index contributed by atoms with van der Waals surface area (Å²) < 4.78 is 1.68. The van der Waals surface area contributed by atoms with Crippen molar-refractivity contribution in [2.75, 3.05) is 0 Å². The van der Waals surface area contributed by atoms with Crippen molar-refractivity contribution in [3.8, 4) is 0 Å². The predicted molar refractivity (Wildman–Crippen MR) is 81.1 cm³/mol. The van der Waals surface area contributed by atoms with Gasteiger partial charge in [-0.3, -0.25) is 14.2 Å². The monoisotopic (exact) mass is 293 g/mol. The molecule has 0 aliphatic rings. The lowest BCUT2D eigenvalue weighted by atomic mass is 10.2. The van der Waals surface area contributed by atoms with Crippen LogP contribution in [0.1, 0.15) is 37.4 Å². The van der Waals surface area contributed by atoms with Crippen LogP contribution in [0.3, 0.4) is 0 Å². The molecule has 0 bridgehead atoms. The van der Waals surface area contributed by atoms with Crippen LogP contribution in [0.4, 0.5) is 0 Å². The molecular formula is C14H19N3O2S. The molecule has 0 aliphatic carbocycles. The molecule has 5 nitrogen and oxygen atoms in total. The molecule has 2 N–H and O–H groups in total. The van der Waals surface area contributed by atoms with E-state index in [4.69, 9.17) is 5.73 Å². The van der Waals surface area contributed by atoms with Crippen molar-refractivity contribution in [2.24, 2.45) is 5.73 Å². The van der Waals surface area contributed by atoms with Crippen LogP contribution in [0.25, 0.3) is 10.2 Å².